The normalized spacial score (nSPS) is 29.8. The van der Waals surface area contributed by atoms with Crippen LogP contribution in [0.3, 0.4) is 0 Å². The minimum Gasteiger partial charge on any atom is -0.507 e. The zero-order chi connectivity index (χ0) is 21.8. The third kappa shape index (κ3) is 3.33. The van der Waals surface area contributed by atoms with Crippen molar-refractivity contribution >= 4 is 5.82 Å². The van der Waals surface area contributed by atoms with Crippen molar-refractivity contribution in [1.29, 1.82) is 0 Å². The lowest BCUT2D eigenvalue weighted by atomic mass is 9.82. The molecule has 2 saturated heterocycles. The standard InChI is InChI=1S/C22H26FN7O/c1-21-6-7-22(2,28-21)19(23)16(11-21)29(3)18-12-25-20(27-26-18)15-5-4-14(10-17(15)31)30-9-8-24-13-30/h4-5,8-10,12-13,16,19,28,31H,6-7,11H2,1-3H3/t16-,19-,21-,22+/m1/s1. The van der Waals surface area contributed by atoms with E-state index in [2.05, 4.69) is 32.4 Å². The fraction of sp³-hybridized carbons (Fsp3) is 0.455. The molecule has 2 fully saturated rings. The summed E-state index contributed by atoms with van der Waals surface area (Å²) in [5.74, 6) is 0.876. The van der Waals surface area contributed by atoms with E-state index in [9.17, 15) is 5.11 Å². The Balaban J connectivity index is 1.38. The monoisotopic (exact) mass is 423 g/mol. The number of anilines is 1. The second-order valence-electron chi connectivity index (χ2n) is 9.20. The molecule has 3 aromatic rings. The van der Waals surface area contributed by atoms with E-state index in [1.165, 1.54) is 0 Å². The first-order valence-electron chi connectivity index (χ1n) is 10.5. The highest BCUT2D eigenvalue weighted by molar-refractivity contribution is 5.66. The molecular formula is C22H26FN7O. The molecule has 2 aliphatic heterocycles. The van der Waals surface area contributed by atoms with Crippen LogP contribution in [-0.2, 0) is 0 Å². The number of aromatic hydroxyl groups is 1. The van der Waals surface area contributed by atoms with Gasteiger partial charge in [0.05, 0.1) is 29.8 Å². The van der Waals surface area contributed by atoms with Gasteiger partial charge >= 0.3 is 0 Å². The zero-order valence-corrected chi connectivity index (χ0v) is 17.8. The summed E-state index contributed by atoms with van der Waals surface area (Å²) in [4.78, 5) is 10.3. The van der Waals surface area contributed by atoms with Crippen molar-refractivity contribution in [2.24, 2.45) is 0 Å². The van der Waals surface area contributed by atoms with Crippen molar-refractivity contribution < 1.29 is 9.50 Å². The number of rotatable bonds is 4. The van der Waals surface area contributed by atoms with Crippen LogP contribution in [-0.4, -0.2) is 60.2 Å². The summed E-state index contributed by atoms with van der Waals surface area (Å²) in [6.45, 7) is 4.13. The number of nitrogens with zero attached hydrogens (tertiary/aromatic N) is 6. The van der Waals surface area contributed by atoms with Gasteiger partial charge in [-0.15, -0.1) is 10.2 Å². The number of hydrogen-bond acceptors (Lipinski definition) is 7. The zero-order valence-electron chi connectivity index (χ0n) is 17.8. The van der Waals surface area contributed by atoms with Crippen LogP contribution in [0.25, 0.3) is 17.1 Å². The molecule has 2 aliphatic rings. The third-order valence-corrected chi connectivity index (χ3v) is 6.82. The molecule has 0 radical (unpaired) electrons. The van der Waals surface area contributed by atoms with Gasteiger partial charge in [-0.25, -0.2) is 14.4 Å². The van der Waals surface area contributed by atoms with Crippen LogP contribution in [0.1, 0.15) is 33.1 Å². The van der Waals surface area contributed by atoms with Crippen LogP contribution in [0.2, 0.25) is 0 Å². The Labute approximate surface area is 180 Å². The van der Waals surface area contributed by atoms with Gasteiger partial charge in [-0.1, -0.05) is 0 Å². The predicted octanol–water partition coefficient (Wildman–Crippen LogP) is 2.88. The van der Waals surface area contributed by atoms with Crippen LogP contribution < -0.4 is 10.2 Å². The maximum atomic E-state index is 15.4. The molecule has 1 aromatic carbocycles. The number of fused-ring (bicyclic) bond motifs is 2. The first-order valence-corrected chi connectivity index (χ1v) is 10.5. The van der Waals surface area contributed by atoms with E-state index in [4.69, 9.17) is 0 Å². The van der Waals surface area contributed by atoms with Crippen LogP contribution in [0.15, 0.2) is 43.1 Å². The van der Waals surface area contributed by atoms with E-state index in [1.807, 2.05) is 24.9 Å². The molecule has 2 bridgehead atoms. The summed E-state index contributed by atoms with van der Waals surface area (Å²) in [5.41, 5.74) is 0.670. The van der Waals surface area contributed by atoms with Gasteiger partial charge in [-0.3, -0.25) is 0 Å². The molecule has 8 nitrogen and oxygen atoms in total. The minimum absolute atomic E-state index is 0.0497. The van der Waals surface area contributed by atoms with E-state index in [1.54, 1.807) is 41.6 Å². The van der Waals surface area contributed by atoms with Gasteiger partial charge in [0.25, 0.3) is 0 Å². The number of nitrogens with one attached hydrogen (secondary N) is 1. The summed E-state index contributed by atoms with van der Waals surface area (Å²) in [5, 5.41) is 22.5. The number of phenols is 1. The summed E-state index contributed by atoms with van der Waals surface area (Å²) in [6.07, 6.45) is 8.18. The summed E-state index contributed by atoms with van der Waals surface area (Å²) in [7, 11) is 1.84. The van der Waals surface area contributed by atoms with Crippen molar-refractivity contribution in [3.63, 3.8) is 0 Å². The lowest BCUT2D eigenvalue weighted by Gasteiger charge is -2.47. The molecule has 2 aromatic heterocycles. The first kappa shape index (κ1) is 19.9. The van der Waals surface area contributed by atoms with Gasteiger partial charge in [-0.05, 0) is 45.2 Å². The van der Waals surface area contributed by atoms with E-state index in [0.717, 1.165) is 18.5 Å². The Bertz CT molecular complexity index is 1090. The maximum Gasteiger partial charge on any atom is 0.185 e. The number of imidazole rings is 1. The average Bonchev–Trinajstić information content (AvgIpc) is 3.38. The van der Waals surface area contributed by atoms with E-state index >= 15 is 4.39 Å². The molecule has 162 valence electrons. The third-order valence-electron chi connectivity index (χ3n) is 6.82. The van der Waals surface area contributed by atoms with Crippen LogP contribution >= 0.6 is 0 Å². The largest absolute Gasteiger partial charge is 0.507 e. The molecule has 0 spiro atoms. The summed E-state index contributed by atoms with van der Waals surface area (Å²) < 4.78 is 17.2. The Morgan fingerprint density at radius 2 is 2.10 bits per heavy atom. The number of alkyl halides is 1. The molecule has 9 heteroatoms. The smallest absolute Gasteiger partial charge is 0.185 e. The molecule has 0 aliphatic carbocycles. The van der Waals surface area contributed by atoms with E-state index < -0.39 is 11.7 Å². The van der Waals surface area contributed by atoms with Crippen molar-refractivity contribution in [1.82, 2.24) is 30.0 Å². The Morgan fingerprint density at radius 1 is 1.26 bits per heavy atom. The number of aromatic nitrogens is 5. The molecule has 31 heavy (non-hydrogen) atoms. The van der Waals surface area contributed by atoms with E-state index in [0.29, 0.717) is 23.6 Å². The number of piperidine rings is 1. The highest BCUT2D eigenvalue weighted by atomic mass is 19.1. The lowest BCUT2D eigenvalue weighted by Crippen LogP contribution is -2.65. The van der Waals surface area contributed by atoms with Crippen molar-refractivity contribution in [2.75, 3.05) is 11.9 Å². The van der Waals surface area contributed by atoms with Crippen molar-refractivity contribution in [3.8, 4) is 22.8 Å². The SMILES string of the molecule is CN(c1cnc(-c2ccc(-n3ccnc3)cc2O)nn1)[C@@H]1C[C@@]2(C)CC[C@](C)(N2)[C@@H]1F. The topological polar surface area (TPSA) is 92.0 Å². The Morgan fingerprint density at radius 3 is 2.77 bits per heavy atom. The van der Waals surface area contributed by atoms with Gasteiger partial charge in [0.1, 0.15) is 11.9 Å². The number of benzene rings is 1. The Kier molecular flexibility index (Phi) is 4.47. The van der Waals surface area contributed by atoms with Crippen LogP contribution in [0.4, 0.5) is 10.2 Å². The van der Waals surface area contributed by atoms with Gasteiger partial charge < -0.3 is 19.9 Å². The van der Waals surface area contributed by atoms with Crippen molar-refractivity contribution in [3.05, 3.63) is 43.1 Å². The second kappa shape index (κ2) is 6.98. The van der Waals surface area contributed by atoms with Gasteiger partial charge in [0.15, 0.2) is 11.6 Å². The molecule has 4 atom stereocenters. The average molecular weight is 423 g/mol. The van der Waals surface area contributed by atoms with Crippen LogP contribution in [0.5, 0.6) is 5.75 Å². The highest BCUT2D eigenvalue weighted by Gasteiger charge is 2.56. The number of phenolic OH excluding ortho intramolecular Hbond substituents is 1. The van der Waals surface area contributed by atoms with Crippen LogP contribution in [0, 0.1) is 0 Å². The maximum absolute atomic E-state index is 15.4. The van der Waals surface area contributed by atoms with Gasteiger partial charge in [-0.2, -0.15) is 0 Å². The molecule has 4 heterocycles. The first-order chi connectivity index (χ1) is 14.8. The van der Waals surface area contributed by atoms with Gasteiger partial charge in [0.2, 0.25) is 0 Å². The summed E-state index contributed by atoms with van der Waals surface area (Å²) in [6, 6.07) is 4.92. The number of halogens is 1. The molecule has 0 amide bonds. The Hall–Kier alpha value is -3.07. The summed E-state index contributed by atoms with van der Waals surface area (Å²) >= 11 is 0. The second-order valence-corrected chi connectivity index (χ2v) is 9.20. The van der Waals surface area contributed by atoms with Gasteiger partial charge in [0, 0.05) is 36.6 Å². The lowest BCUT2D eigenvalue weighted by molar-refractivity contribution is 0.0859. The number of hydrogen-bond donors (Lipinski definition) is 2. The predicted molar refractivity (Wildman–Crippen MR) is 115 cm³/mol. The molecular weight excluding hydrogens is 397 g/mol. The quantitative estimate of drug-likeness (QED) is 0.667. The molecule has 0 saturated carbocycles. The van der Waals surface area contributed by atoms with E-state index in [-0.39, 0.29) is 17.3 Å². The minimum atomic E-state index is -1.02. The molecule has 2 N–H and O–H groups in total. The fourth-order valence-corrected chi connectivity index (χ4v) is 5.04. The van der Waals surface area contributed by atoms with Crippen molar-refractivity contribution in [2.45, 2.75) is 56.4 Å². The molecule has 5 rings (SSSR count). The highest BCUT2D eigenvalue weighted by Crippen LogP contribution is 2.45. The molecule has 0 unspecified atom stereocenters. The fourth-order valence-electron chi connectivity index (χ4n) is 5.04.